The van der Waals surface area contributed by atoms with E-state index >= 15 is 0 Å². The van der Waals surface area contributed by atoms with E-state index in [-0.39, 0.29) is 16.9 Å². The number of halogens is 3. The van der Waals surface area contributed by atoms with Crippen molar-refractivity contribution in [2.24, 2.45) is 0 Å². The maximum atomic E-state index is 10.2. The predicted octanol–water partition coefficient (Wildman–Crippen LogP) is 3.26. The number of ether oxygens (including phenoxy) is 1. The Kier molecular flexibility index (Phi) is 3.78. The first-order chi connectivity index (χ1) is 6.08. The molecule has 0 fully saturated rings. The largest absolute Gasteiger partial charge is 0.449 e. The molecule has 0 bridgehead atoms. The topological polar surface area (TPSA) is 39.2 Å². The molecule has 1 aromatic rings. The van der Waals surface area contributed by atoms with Crippen LogP contribution in [0.2, 0.25) is 10.3 Å². The molecular formula is C7H4Cl3NO2. The standard InChI is InChI=1S/C7H4Cl3NO2/c8-5-1-4(2-6(9)11-5)3-13-7(10)12/h1-2H,3H2. The number of rotatable bonds is 2. The van der Waals surface area contributed by atoms with Gasteiger partial charge in [0.2, 0.25) is 0 Å². The van der Waals surface area contributed by atoms with Crippen LogP contribution >= 0.6 is 34.8 Å². The molecule has 0 aliphatic heterocycles. The van der Waals surface area contributed by atoms with Crippen LogP contribution in [0.3, 0.4) is 0 Å². The van der Waals surface area contributed by atoms with Gasteiger partial charge in [0.25, 0.3) is 0 Å². The van der Waals surface area contributed by atoms with E-state index in [0.717, 1.165) is 0 Å². The lowest BCUT2D eigenvalue weighted by Crippen LogP contribution is -1.95. The van der Waals surface area contributed by atoms with Crippen LogP contribution in [0.5, 0.6) is 0 Å². The van der Waals surface area contributed by atoms with Gasteiger partial charge in [-0.25, -0.2) is 9.78 Å². The second-order valence-corrected chi connectivity index (χ2v) is 3.23. The van der Waals surface area contributed by atoms with Crippen molar-refractivity contribution >= 4 is 40.2 Å². The van der Waals surface area contributed by atoms with Crippen LogP contribution in [-0.2, 0) is 11.3 Å². The highest BCUT2D eigenvalue weighted by Gasteiger charge is 2.01. The van der Waals surface area contributed by atoms with Gasteiger partial charge >= 0.3 is 5.43 Å². The van der Waals surface area contributed by atoms with E-state index in [9.17, 15) is 4.79 Å². The summed E-state index contributed by atoms with van der Waals surface area (Å²) in [6.07, 6.45) is 0. The van der Waals surface area contributed by atoms with Gasteiger partial charge in [0, 0.05) is 11.6 Å². The van der Waals surface area contributed by atoms with Gasteiger partial charge in [0.15, 0.2) is 0 Å². The first kappa shape index (κ1) is 10.6. The lowest BCUT2D eigenvalue weighted by atomic mass is 10.3. The fourth-order valence-corrected chi connectivity index (χ4v) is 1.30. The zero-order valence-corrected chi connectivity index (χ0v) is 8.53. The molecule has 0 amide bonds. The molecule has 70 valence electrons. The highest BCUT2D eigenvalue weighted by Crippen LogP contribution is 2.15. The quantitative estimate of drug-likeness (QED) is 0.588. The first-order valence-corrected chi connectivity index (χ1v) is 4.35. The van der Waals surface area contributed by atoms with Crippen molar-refractivity contribution in [2.75, 3.05) is 0 Å². The van der Waals surface area contributed by atoms with Crippen molar-refractivity contribution in [1.29, 1.82) is 0 Å². The number of carbonyl (C=O) groups is 1. The molecule has 13 heavy (non-hydrogen) atoms. The van der Waals surface area contributed by atoms with Gasteiger partial charge in [-0.05, 0) is 17.7 Å². The predicted molar refractivity (Wildman–Crippen MR) is 50.3 cm³/mol. The lowest BCUT2D eigenvalue weighted by molar-refractivity contribution is 0.167. The Hall–Kier alpha value is -0.510. The van der Waals surface area contributed by atoms with Crippen molar-refractivity contribution in [3.8, 4) is 0 Å². The lowest BCUT2D eigenvalue weighted by Gasteiger charge is -2.01. The number of nitrogens with zero attached hydrogens (tertiary/aromatic N) is 1. The minimum Gasteiger partial charge on any atom is -0.449 e. The van der Waals surface area contributed by atoms with Gasteiger partial charge in [-0.2, -0.15) is 0 Å². The molecule has 0 saturated heterocycles. The van der Waals surface area contributed by atoms with Crippen LogP contribution in [0.4, 0.5) is 4.79 Å². The molecule has 0 aliphatic rings. The summed E-state index contributed by atoms with van der Waals surface area (Å²) < 4.78 is 4.52. The number of pyridine rings is 1. The molecule has 3 nitrogen and oxygen atoms in total. The van der Waals surface area contributed by atoms with Gasteiger partial charge in [-0.1, -0.05) is 23.2 Å². The molecule has 0 unspecified atom stereocenters. The molecule has 1 aromatic heterocycles. The zero-order chi connectivity index (χ0) is 9.84. The summed E-state index contributed by atoms with van der Waals surface area (Å²) in [5, 5.41) is 0.487. The third-order valence-corrected chi connectivity index (χ3v) is 1.67. The summed E-state index contributed by atoms with van der Waals surface area (Å²) in [7, 11) is 0. The van der Waals surface area contributed by atoms with Gasteiger partial charge in [-0.15, -0.1) is 0 Å². The third-order valence-electron chi connectivity index (χ3n) is 1.17. The highest BCUT2D eigenvalue weighted by molar-refractivity contribution is 6.61. The third kappa shape index (κ3) is 3.81. The van der Waals surface area contributed by atoms with E-state index in [1.165, 1.54) is 12.1 Å². The molecule has 0 spiro atoms. The summed E-state index contributed by atoms with van der Waals surface area (Å²) in [6, 6.07) is 3.07. The Labute approximate surface area is 89.6 Å². The van der Waals surface area contributed by atoms with Gasteiger partial charge in [0.05, 0.1) is 0 Å². The first-order valence-electron chi connectivity index (χ1n) is 3.22. The molecule has 0 saturated carbocycles. The molecule has 0 N–H and O–H groups in total. The van der Waals surface area contributed by atoms with Crippen molar-refractivity contribution in [3.63, 3.8) is 0 Å². The Balaban J connectivity index is 2.71. The molecule has 0 aromatic carbocycles. The fraction of sp³-hybridized carbons (Fsp3) is 0.143. The van der Waals surface area contributed by atoms with Crippen LogP contribution in [0.1, 0.15) is 5.56 Å². The molecular weight excluding hydrogens is 236 g/mol. The molecule has 0 aliphatic carbocycles. The Bertz CT molecular complexity index is 309. The summed E-state index contributed by atoms with van der Waals surface area (Å²) in [4.78, 5) is 14.0. The number of hydrogen-bond donors (Lipinski definition) is 0. The minimum absolute atomic E-state index is 0.0320. The molecule has 1 rings (SSSR count). The van der Waals surface area contributed by atoms with Crippen molar-refractivity contribution in [2.45, 2.75) is 6.61 Å². The van der Waals surface area contributed by atoms with E-state index in [0.29, 0.717) is 5.56 Å². The van der Waals surface area contributed by atoms with Gasteiger partial charge in [-0.3, -0.25) is 0 Å². The summed E-state index contributed by atoms with van der Waals surface area (Å²) in [5.41, 5.74) is -0.233. The van der Waals surface area contributed by atoms with E-state index < -0.39 is 5.43 Å². The number of carbonyl (C=O) groups excluding carboxylic acids is 1. The molecule has 6 heteroatoms. The van der Waals surface area contributed by atoms with Crippen molar-refractivity contribution < 1.29 is 9.53 Å². The van der Waals surface area contributed by atoms with E-state index in [4.69, 9.17) is 34.8 Å². The number of aromatic nitrogens is 1. The Morgan fingerprint density at radius 1 is 1.38 bits per heavy atom. The summed E-state index contributed by atoms with van der Waals surface area (Å²) >= 11 is 16.2. The van der Waals surface area contributed by atoms with Crippen LogP contribution in [0.25, 0.3) is 0 Å². The average Bonchev–Trinajstić information content (AvgIpc) is 1.99. The summed E-state index contributed by atoms with van der Waals surface area (Å²) in [6.45, 7) is 0.0320. The van der Waals surface area contributed by atoms with Gasteiger partial charge < -0.3 is 4.74 Å². The average molecular weight is 240 g/mol. The van der Waals surface area contributed by atoms with Crippen molar-refractivity contribution in [1.82, 2.24) is 4.98 Å². The molecule has 0 radical (unpaired) electrons. The number of hydrogen-bond acceptors (Lipinski definition) is 3. The second kappa shape index (κ2) is 4.65. The van der Waals surface area contributed by atoms with Crippen LogP contribution in [0.15, 0.2) is 12.1 Å². The van der Waals surface area contributed by atoms with Crippen molar-refractivity contribution in [3.05, 3.63) is 28.0 Å². The van der Waals surface area contributed by atoms with Crippen LogP contribution in [0, 0.1) is 0 Å². The normalized spacial score (nSPS) is 9.77. The fourth-order valence-electron chi connectivity index (χ4n) is 0.738. The molecule has 1 heterocycles. The van der Waals surface area contributed by atoms with Gasteiger partial charge in [0.1, 0.15) is 16.9 Å². The second-order valence-electron chi connectivity index (χ2n) is 2.15. The minimum atomic E-state index is -0.871. The maximum absolute atomic E-state index is 10.2. The Morgan fingerprint density at radius 2 is 1.92 bits per heavy atom. The highest BCUT2D eigenvalue weighted by atomic mass is 35.5. The smallest absolute Gasteiger partial charge is 0.404 e. The van der Waals surface area contributed by atoms with E-state index in [1.54, 1.807) is 0 Å². The molecule has 0 atom stereocenters. The SMILES string of the molecule is O=C(Cl)OCc1cc(Cl)nc(Cl)c1. The van der Waals surface area contributed by atoms with E-state index in [1.807, 2.05) is 0 Å². The monoisotopic (exact) mass is 239 g/mol. The maximum Gasteiger partial charge on any atom is 0.404 e. The zero-order valence-electron chi connectivity index (χ0n) is 6.26. The summed E-state index contributed by atoms with van der Waals surface area (Å²) in [5.74, 6) is 0. The van der Waals surface area contributed by atoms with Crippen LogP contribution < -0.4 is 0 Å². The Morgan fingerprint density at radius 3 is 2.38 bits per heavy atom. The van der Waals surface area contributed by atoms with Crippen LogP contribution in [-0.4, -0.2) is 10.4 Å². The van der Waals surface area contributed by atoms with E-state index in [2.05, 4.69) is 9.72 Å².